The number of phenolic OH excluding ortho intramolecular Hbond substituents is 2. The standard InChI is InChI=1S/C33H37ClN8O11S2/c1-14-15(12-42(8-5-6-9-42)10-7-40-26(46)19-17(39(4)32(40)52)11-18(43)24(44)20(19)34)23(29(48)49)41-27(47)22(28(41)55-14)37-25(45)21(16-13-54-31(35)36-16)38-53-33(2,3)30(50)51/h11,13-14,22,28H,5-10,12H2,1-4H3,(H6-,35,36,37,38,43,44,45,46,48,49,50,51)/p+1/t14-,22+,28+/m0/s1. The van der Waals surface area contributed by atoms with Gasteiger partial charge in [0.15, 0.2) is 22.3 Å². The predicted octanol–water partition coefficient (Wildman–Crippen LogP) is 0.825. The topological polar surface area (TPSA) is 269 Å². The molecule has 3 aromatic rings. The molecule has 3 aliphatic heterocycles. The quantitative estimate of drug-likeness (QED) is 0.0486. The molecule has 2 amide bonds. The molecule has 0 bridgehead atoms. The van der Waals surface area contributed by atoms with Gasteiger partial charge in [0, 0.05) is 42.2 Å². The van der Waals surface area contributed by atoms with Crippen LogP contribution in [0.4, 0.5) is 5.13 Å². The van der Waals surface area contributed by atoms with Crippen molar-refractivity contribution in [3.63, 3.8) is 0 Å². The van der Waals surface area contributed by atoms with Crippen molar-refractivity contribution in [2.45, 2.75) is 62.4 Å². The first-order valence-corrected chi connectivity index (χ1v) is 19.1. The Kier molecular flexibility index (Phi) is 10.4. The number of nitrogen functional groups attached to an aromatic ring is 1. The highest BCUT2D eigenvalue weighted by Crippen LogP contribution is 2.45. The summed E-state index contributed by atoms with van der Waals surface area (Å²) in [6.07, 6.45) is 1.59. The summed E-state index contributed by atoms with van der Waals surface area (Å²) in [4.78, 5) is 89.0. The van der Waals surface area contributed by atoms with E-state index >= 15 is 0 Å². The fourth-order valence-electron chi connectivity index (χ4n) is 6.99. The first-order chi connectivity index (χ1) is 25.8. The van der Waals surface area contributed by atoms with Crippen LogP contribution in [0.15, 0.2) is 37.5 Å². The summed E-state index contributed by atoms with van der Waals surface area (Å²) in [6, 6.07) is -0.0921. The molecule has 3 aliphatic rings. The number of aliphatic carboxylic acids is 2. The molecule has 0 saturated carbocycles. The van der Waals surface area contributed by atoms with Gasteiger partial charge < -0.3 is 40.8 Å². The minimum absolute atomic E-state index is 0.0214. The van der Waals surface area contributed by atoms with Gasteiger partial charge >= 0.3 is 17.6 Å². The zero-order chi connectivity index (χ0) is 40.3. The molecule has 6 rings (SSSR count). The Bertz CT molecular complexity index is 2330. The lowest BCUT2D eigenvalue weighted by Crippen LogP contribution is -2.71. The van der Waals surface area contributed by atoms with E-state index in [1.807, 2.05) is 0 Å². The van der Waals surface area contributed by atoms with Gasteiger partial charge in [-0.15, -0.1) is 23.1 Å². The van der Waals surface area contributed by atoms with Crippen LogP contribution in [-0.2, 0) is 37.6 Å². The van der Waals surface area contributed by atoms with Gasteiger partial charge in [-0.2, -0.15) is 0 Å². The Balaban J connectivity index is 1.27. The molecule has 3 atom stereocenters. The van der Waals surface area contributed by atoms with E-state index in [0.717, 1.165) is 44.3 Å². The average Bonchev–Trinajstić information content (AvgIpc) is 3.77. The van der Waals surface area contributed by atoms with Crippen molar-refractivity contribution >= 4 is 80.2 Å². The number of benzene rings is 1. The van der Waals surface area contributed by atoms with Gasteiger partial charge in [-0.1, -0.05) is 16.8 Å². The minimum Gasteiger partial charge on any atom is -0.504 e. The number of rotatable bonds is 12. The molecule has 0 aliphatic carbocycles. The number of carbonyl (C=O) groups is 4. The maximum atomic E-state index is 13.7. The van der Waals surface area contributed by atoms with E-state index in [0.29, 0.717) is 23.1 Å². The number of oxime groups is 1. The number of nitrogens with two attached hydrogens (primary N) is 1. The highest BCUT2D eigenvalue weighted by molar-refractivity contribution is 8.00. The number of hydrogen-bond acceptors (Lipinski definition) is 14. The molecular formula is C33H38ClN8O11S2+. The first kappa shape index (κ1) is 39.6. The number of aromatic hydroxyl groups is 2. The van der Waals surface area contributed by atoms with E-state index in [2.05, 4.69) is 15.5 Å². The molecule has 22 heteroatoms. The van der Waals surface area contributed by atoms with E-state index in [1.165, 1.54) is 38.0 Å². The van der Waals surface area contributed by atoms with Gasteiger partial charge in [-0.3, -0.25) is 28.4 Å². The molecule has 2 saturated heterocycles. The number of hydrogen-bond donors (Lipinski definition) is 6. The monoisotopic (exact) mass is 821 g/mol. The van der Waals surface area contributed by atoms with Crippen molar-refractivity contribution < 1.29 is 48.9 Å². The largest absolute Gasteiger partial charge is 0.504 e. The highest BCUT2D eigenvalue weighted by atomic mass is 35.5. The summed E-state index contributed by atoms with van der Waals surface area (Å²) in [5, 5.41) is 46.2. The molecular weight excluding hydrogens is 784 g/mol. The molecule has 2 fully saturated rings. The number of halogens is 1. The lowest BCUT2D eigenvalue weighted by molar-refractivity contribution is -0.913. The number of carboxylic acid groups (broad SMARTS) is 2. The lowest BCUT2D eigenvalue weighted by Gasteiger charge is -2.51. The summed E-state index contributed by atoms with van der Waals surface area (Å²) >= 11 is 8.51. The maximum absolute atomic E-state index is 13.7. The Morgan fingerprint density at radius 3 is 2.45 bits per heavy atom. The number of carbonyl (C=O) groups excluding carboxylic acids is 2. The summed E-state index contributed by atoms with van der Waals surface area (Å²) in [5.41, 5.74) is 2.33. The fourth-order valence-corrected chi connectivity index (χ4v) is 9.25. The number of β-lactam (4-membered cyclic amide) rings is 1. The molecule has 2 aromatic heterocycles. The number of nitrogens with one attached hydrogen (secondary N) is 1. The van der Waals surface area contributed by atoms with Crippen molar-refractivity contribution in [3.8, 4) is 11.5 Å². The number of likely N-dealkylation sites (tertiary alicyclic amines) is 1. The van der Waals surface area contributed by atoms with Crippen LogP contribution in [0.25, 0.3) is 10.9 Å². The minimum atomic E-state index is -1.82. The van der Waals surface area contributed by atoms with Gasteiger partial charge in [0.05, 0.1) is 37.1 Å². The zero-order valence-corrected chi connectivity index (χ0v) is 32.3. The number of quaternary nitrogens is 1. The van der Waals surface area contributed by atoms with Crippen LogP contribution < -0.4 is 22.3 Å². The highest BCUT2D eigenvalue weighted by Gasteiger charge is 2.57. The van der Waals surface area contributed by atoms with Crippen molar-refractivity contribution in [2.24, 2.45) is 12.2 Å². The molecule has 0 spiro atoms. The van der Waals surface area contributed by atoms with Crippen LogP contribution in [0, 0.1) is 0 Å². The smallest absolute Gasteiger partial charge is 0.352 e. The molecule has 0 unspecified atom stereocenters. The third-order valence-corrected chi connectivity index (χ3v) is 12.6. The number of thiazole rings is 1. The van der Waals surface area contributed by atoms with Gasteiger partial charge in [-0.25, -0.2) is 19.4 Å². The van der Waals surface area contributed by atoms with E-state index in [1.54, 1.807) is 6.92 Å². The number of phenols is 2. The summed E-state index contributed by atoms with van der Waals surface area (Å²) < 4.78 is 2.47. The number of nitrogens with zero attached hydrogens (tertiary/aromatic N) is 6. The molecule has 0 radical (unpaired) electrons. The lowest BCUT2D eigenvalue weighted by atomic mass is 9.99. The van der Waals surface area contributed by atoms with Crippen LogP contribution in [0.2, 0.25) is 5.02 Å². The van der Waals surface area contributed by atoms with Crippen LogP contribution in [0.3, 0.4) is 0 Å². The zero-order valence-electron chi connectivity index (χ0n) is 29.9. The number of fused-ring (bicyclic) bond motifs is 2. The third kappa shape index (κ3) is 7.00. The summed E-state index contributed by atoms with van der Waals surface area (Å²) in [6.45, 7) is 5.83. The Hall–Kier alpha value is -5.12. The second-order valence-electron chi connectivity index (χ2n) is 14.1. The van der Waals surface area contributed by atoms with Crippen molar-refractivity contribution in [1.82, 2.24) is 24.3 Å². The number of aryl methyl sites for hydroxylation is 1. The predicted molar refractivity (Wildman–Crippen MR) is 201 cm³/mol. The SMILES string of the molecule is C[C@@H]1S[C@@H]2[C@H](NC(=O)C(=NOC(C)(C)C(=O)O)c3csc(N)n3)C(=O)N2C(C(=O)O)=C1C[N+]1(CCn2c(=O)c3c(Cl)c(O)c(O)cc3n(C)c2=O)CCCC1. The fraction of sp³-hybridized carbons (Fsp3) is 0.455. The first-order valence-electron chi connectivity index (χ1n) is 16.9. The summed E-state index contributed by atoms with van der Waals surface area (Å²) in [7, 11) is 1.41. The Labute approximate surface area is 324 Å². The number of thioether (sulfide) groups is 1. The van der Waals surface area contributed by atoms with Crippen LogP contribution in [0.1, 0.15) is 39.3 Å². The van der Waals surface area contributed by atoms with Crippen LogP contribution >= 0.6 is 34.7 Å². The molecule has 19 nitrogen and oxygen atoms in total. The third-order valence-electron chi connectivity index (χ3n) is 10.1. The number of amides is 2. The molecule has 5 heterocycles. The van der Waals surface area contributed by atoms with Crippen LogP contribution in [0.5, 0.6) is 11.5 Å². The number of anilines is 1. The Morgan fingerprint density at radius 1 is 1.18 bits per heavy atom. The van der Waals surface area contributed by atoms with Crippen molar-refractivity contribution in [1.29, 1.82) is 0 Å². The molecule has 294 valence electrons. The van der Waals surface area contributed by atoms with Crippen LogP contribution in [-0.4, -0.2) is 122 Å². The second-order valence-corrected chi connectivity index (χ2v) is 16.8. The normalized spacial score (nSPS) is 21.0. The van der Waals surface area contributed by atoms with E-state index in [-0.39, 0.29) is 47.1 Å². The number of carboxylic acids is 2. The van der Waals surface area contributed by atoms with Gasteiger partial charge in [-0.05, 0) is 20.8 Å². The van der Waals surface area contributed by atoms with Gasteiger partial charge in [0.1, 0.15) is 34.4 Å². The number of aromatic nitrogens is 3. The van der Waals surface area contributed by atoms with Gasteiger partial charge in [0.25, 0.3) is 17.4 Å². The average molecular weight is 822 g/mol. The molecule has 55 heavy (non-hydrogen) atoms. The Morgan fingerprint density at radius 2 is 1.85 bits per heavy atom. The van der Waals surface area contributed by atoms with Crippen molar-refractivity contribution in [3.05, 3.63) is 54.3 Å². The van der Waals surface area contributed by atoms with Gasteiger partial charge in [0.2, 0.25) is 5.60 Å². The second kappa shape index (κ2) is 14.5. The molecule has 1 aromatic carbocycles. The van der Waals surface area contributed by atoms with E-state index in [9.17, 15) is 49.2 Å². The van der Waals surface area contributed by atoms with Crippen molar-refractivity contribution in [2.75, 3.05) is 31.9 Å². The molecule has 7 N–H and O–H groups in total. The summed E-state index contributed by atoms with van der Waals surface area (Å²) in [5.74, 6) is -5.59. The van der Waals surface area contributed by atoms with E-state index < -0.39 is 79.5 Å². The maximum Gasteiger partial charge on any atom is 0.352 e. The van der Waals surface area contributed by atoms with E-state index in [4.69, 9.17) is 22.2 Å².